The van der Waals surface area contributed by atoms with Crippen molar-refractivity contribution >= 4 is 60.5 Å². The molecule has 0 amide bonds. The first-order chi connectivity index (χ1) is 29.3. The summed E-state index contributed by atoms with van der Waals surface area (Å²) in [5.74, 6) is 0. The van der Waals surface area contributed by atoms with Crippen LogP contribution in [0.5, 0.6) is 0 Å². The highest BCUT2D eigenvalue weighted by molar-refractivity contribution is 6.21. The molecular weight excluding hydrogens is 715 g/mol. The fourth-order valence-corrected chi connectivity index (χ4v) is 10.7. The summed E-state index contributed by atoms with van der Waals surface area (Å²) in [6, 6.07) is 77.9. The van der Waals surface area contributed by atoms with Gasteiger partial charge in [0, 0.05) is 22.0 Å². The van der Waals surface area contributed by atoms with Crippen molar-refractivity contribution in [2.24, 2.45) is 0 Å². The molecule has 2 nitrogen and oxygen atoms in total. The van der Waals surface area contributed by atoms with Crippen LogP contribution in [-0.2, 0) is 5.41 Å². The Labute approximate surface area is 341 Å². The average molecular weight is 750 g/mol. The Kier molecular flexibility index (Phi) is 6.68. The number of benzene rings is 10. The van der Waals surface area contributed by atoms with Crippen molar-refractivity contribution in [3.63, 3.8) is 0 Å². The molecule has 59 heavy (non-hydrogen) atoms. The first-order valence-electron chi connectivity index (χ1n) is 20.4. The molecule has 2 aliphatic rings. The standard InChI is InChI=1S/C57H35NO/c1-3-17-40-36(14-1)16-11-22-41(40)38-30-33-39(34-31-38)58(52-29-12-23-46-54-42-18-4-2-15-37(42)32-35-53(54)59-56(46)52)51-28-13-27-50-55(51)45-21-7-10-26-49(45)57(50)47-24-8-5-19-43(47)44-20-6-9-25-48(44)57/h1-35H. The van der Waals surface area contributed by atoms with Gasteiger partial charge in [0.2, 0.25) is 0 Å². The van der Waals surface area contributed by atoms with E-state index in [2.05, 4.69) is 217 Å². The van der Waals surface area contributed by atoms with Crippen molar-refractivity contribution < 1.29 is 4.42 Å². The molecule has 274 valence electrons. The van der Waals surface area contributed by atoms with Gasteiger partial charge in [0.1, 0.15) is 5.58 Å². The fourth-order valence-electron chi connectivity index (χ4n) is 10.7. The molecule has 2 heteroatoms. The molecule has 1 heterocycles. The van der Waals surface area contributed by atoms with Crippen molar-refractivity contribution in [3.05, 3.63) is 235 Å². The van der Waals surface area contributed by atoms with Gasteiger partial charge < -0.3 is 9.32 Å². The molecule has 0 radical (unpaired) electrons. The van der Waals surface area contributed by atoms with Gasteiger partial charge in [0.05, 0.1) is 16.8 Å². The number of anilines is 3. The third-order valence-corrected chi connectivity index (χ3v) is 13.1. The van der Waals surface area contributed by atoms with Crippen LogP contribution in [0.15, 0.2) is 217 Å². The van der Waals surface area contributed by atoms with Crippen LogP contribution in [0.2, 0.25) is 0 Å². The van der Waals surface area contributed by atoms with Crippen LogP contribution < -0.4 is 4.90 Å². The van der Waals surface area contributed by atoms with Crippen molar-refractivity contribution in [1.29, 1.82) is 0 Å². The van der Waals surface area contributed by atoms with Crippen LogP contribution in [0.4, 0.5) is 17.1 Å². The molecule has 0 unspecified atom stereocenters. The van der Waals surface area contributed by atoms with Gasteiger partial charge in [-0.2, -0.15) is 0 Å². The Morgan fingerprint density at radius 1 is 0.356 bits per heavy atom. The zero-order chi connectivity index (χ0) is 38.7. The number of hydrogen-bond donors (Lipinski definition) is 0. The topological polar surface area (TPSA) is 16.4 Å². The predicted molar refractivity (Wildman–Crippen MR) is 245 cm³/mol. The summed E-state index contributed by atoms with van der Waals surface area (Å²) in [4.78, 5) is 2.45. The molecule has 0 saturated carbocycles. The molecule has 0 saturated heterocycles. The Morgan fingerprint density at radius 2 is 0.881 bits per heavy atom. The van der Waals surface area contributed by atoms with Gasteiger partial charge in [-0.05, 0) is 102 Å². The molecular formula is C57H35NO. The summed E-state index contributed by atoms with van der Waals surface area (Å²) in [5.41, 5.74) is 17.3. The highest BCUT2D eigenvalue weighted by Crippen LogP contribution is 2.64. The van der Waals surface area contributed by atoms with Crippen molar-refractivity contribution in [2.75, 3.05) is 4.90 Å². The Bertz CT molecular complexity index is 3470. The highest BCUT2D eigenvalue weighted by Gasteiger charge is 2.52. The zero-order valence-electron chi connectivity index (χ0n) is 32.1. The van der Waals surface area contributed by atoms with E-state index in [1.165, 1.54) is 77.2 Å². The van der Waals surface area contributed by atoms with Crippen LogP contribution >= 0.6 is 0 Å². The summed E-state index contributed by atoms with van der Waals surface area (Å²) in [6.07, 6.45) is 0. The average Bonchev–Trinajstić information content (AvgIpc) is 3.94. The second kappa shape index (κ2) is 12.2. The third kappa shape index (κ3) is 4.35. The van der Waals surface area contributed by atoms with Crippen molar-refractivity contribution in [1.82, 2.24) is 0 Å². The maximum Gasteiger partial charge on any atom is 0.159 e. The van der Waals surface area contributed by atoms with E-state index in [0.29, 0.717) is 0 Å². The summed E-state index contributed by atoms with van der Waals surface area (Å²) >= 11 is 0. The van der Waals surface area contributed by atoms with Crippen molar-refractivity contribution in [3.8, 4) is 33.4 Å². The largest absolute Gasteiger partial charge is 0.454 e. The molecule has 13 rings (SSSR count). The lowest BCUT2D eigenvalue weighted by atomic mass is 9.70. The van der Waals surface area contributed by atoms with Crippen LogP contribution in [-0.4, -0.2) is 0 Å². The van der Waals surface area contributed by atoms with Crippen LogP contribution in [0.1, 0.15) is 22.3 Å². The zero-order valence-corrected chi connectivity index (χ0v) is 32.1. The molecule has 0 fully saturated rings. The normalized spacial score (nSPS) is 13.2. The van der Waals surface area contributed by atoms with E-state index in [9.17, 15) is 0 Å². The maximum absolute atomic E-state index is 6.99. The van der Waals surface area contributed by atoms with E-state index >= 15 is 0 Å². The van der Waals surface area contributed by atoms with E-state index in [1.54, 1.807) is 0 Å². The fraction of sp³-hybridized carbons (Fsp3) is 0.0175. The maximum atomic E-state index is 6.99. The first-order valence-corrected chi connectivity index (χ1v) is 20.4. The lowest BCUT2D eigenvalue weighted by molar-refractivity contribution is 0.669. The van der Waals surface area contributed by atoms with Gasteiger partial charge in [-0.15, -0.1) is 0 Å². The molecule has 0 aliphatic heterocycles. The van der Waals surface area contributed by atoms with Crippen LogP contribution in [0, 0.1) is 0 Å². The van der Waals surface area contributed by atoms with Crippen LogP contribution in [0.3, 0.4) is 0 Å². The van der Waals surface area contributed by atoms with Gasteiger partial charge >= 0.3 is 0 Å². The molecule has 10 aromatic carbocycles. The summed E-state index contributed by atoms with van der Waals surface area (Å²) in [7, 11) is 0. The SMILES string of the molecule is c1ccc2c(c1)-c1ccccc1C21c2ccccc2-c2c(N(c3ccc(-c4cccc5ccccc45)cc3)c3cccc4c3oc3ccc5ccccc5c34)cccc21. The van der Waals surface area contributed by atoms with Gasteiger partial charge in [0.15, 0.2) is 5.58 Å². The lowest BCUT2D eigenvalue weighted by Gasteiger charge is -2.31. The Morgan fingerprint density at radius 3 is 1.64 bits per heavy atom. The Hall–Kier alpha value is -7.68. The molecule has 2 aliphatic carbocycles. The van der Waals surface area contributed by atoms with Crippen molar-refractivity contribution in [2.45, 2.75) is 5.41 Å². The number of hydrogen-bond acceptors (Lipinski definition) is 2. The summed E-state index contributed by atoms with van der Waals surface area (Å²) < 4.78 is 6.99. The van der Waals surface area contributed by atoms with Gasteiger partial charge in [-0.3, -0.25) is 0 Å². The van der Waals surface area contributed by atoms with E-state index in [4.69, 9.17) is 4.42 Å². The first kappa shape index (κ1) is 32.4. The summed E-state index contributed by atoms with van der Waals surface area (Å²) in [5, 5.41) is 7.14. The second-order valence-corrected chi connectivity index (χ2v) is 15.9. The molecule has 0 bridgehead atoms. The number of furan rings is 1. The van der Waals surface area contributed by atoms with E-state index in [0.717, 1.165) is 39.0 Å². The molecule has 0 atom stereocenters. The lowest BCUT2D eigenvalue weighted by Crippen LogP contribution is -2.26. The van der Waals surface area contributed by atoms with E-state index in [1.807, 2.05) is 0 Å². The minimum atomic E-state index is -0.455. The molecule has 0 N–H and O–H groups in total. The second-order valence-electron chi connectivity index (χ2n) is 15.9. The minimum absolute atomic E-state index is 0.455. The number of para-hydroxylation sites is 1. The number of fused-ring (bicyclic) bond motifs is 16. The number of rotatable bonds is 4. The van der Waals surface area contributed by atoms with E-state index in [-0.39, 0.29) is 0 Å². The predicted octanol–water partition coefficient (Wildman–Crippen LogP) is 15.4. The number of nitrogens with zero attached hydrogens (tertiary/aromatic N) is 1. The molecule has 11 aromatic rings. The highest BCUT2D eigenvalue weighted by atomic mass is 16.3. The minimum Gasteiger partial charge on any atom is -0.454 e. The Balaban J connectivity index is 1.10. The van der Waals surface area contributed by atoms with Gasteiger partial charge in [0.25, 0.3) is 0 Å². The smallest absolute Gasteiger partial charge is 0.159 e. The third-order valence-electron chi connectivity index (χ3n) is 13.1. The quantitative estimate of drug-likeness (QED) is 0.178. The molecule has 1 spiro atoms. The van der Waals surface area contributed by atoms with Gasteiger partial charge in [-0.1, -0.05) is 182 Å². The van der Waals surface area contributed by atoms with E-state index < -0.39 is 5.41 Å². The van der Waals surface area contributed by atoms with Gasteiger partial charge in [-0.25, -0.2) is 0 Å². The summed E-state index contributed by atoms with van der Waals surface area (Å²) in [6.45, 7) is 0. The molecule has 1 aromatic heterocycles. The monoisotopic (exact) mass is 749 g/mol. The van der Waals surface area contributed by atoms with Crippen LogP contribution in [0.25, 0.3) is 76.9 Å².